The largest absolute Gasteiger partial charge is 0.495 e. The lowest BCUT2D eigenvalue weighted by molar-refractivity contribution is -0.112. The number of halogens is 1. The van der Waals surface area contributed by atoms with Crippen LogP contribution in [-0.4, -0.2) is 42.3 Å². The number of Topliss-reactive ketones (excluding diaryl/α,β-unsaturated/α-hetero) is 1. The average molecular weight is 432 g/mol. The molecule has 30 heavy (non-hydrogen) atoms. The Labute approximate surface area is 184 Å². The molecule has 6 heteroatoms. The van der Waals surface area contributed by atoms with E-state index in [4.69, 9.17) is 21.1 Å². The molecule has 1 atom stereocenters. The molecule has 1 heterocycles. The lowest BCUT2D eigenvalue weighted by atomic mass is 9.92. The highest BCUT2D eigenvalue weighted by atomic mass is 35.5. The van der Waals surface area contributed by atoms with Crippen LogP contribution in [0.2, 0.25) is 5.02 Å². The number of hydrogen-bond donors (Lipinski definition) is 0. The van der Waals surface area contributed by atoms with Gasteiger partial charge in [0.05, 0.1) is 18.8 Å². The first kappa shape index (κ1) is 23.9. The van der Waals surface area contributed by atoms with Gasteiger partial charge in [0.1, 0.15) is 12.0 Å². The number of aldehydes is 1. The molecule has 1 aromatic carbocycles. The van der Waals surface area contributed by atoms with Gasteiger partial charge in [-0.2, -0.15) is 0 Å². The third-order valence-electron chi connectivity index (χ3n) is 4.74. The minimum absolute atomic E-state index is 0.0103. The fourth-order valence-corrected chi connectivity index (χ4v) is 3.38. The van der Waals surface area contributed by atoms with Gasteiger partial charge in [-0.15, -0.1) is 0 Å². The van der Waals surface area contributed by atoms with Crippen LogP contribution >= 0.6 is 11.6 Å². The van der Waals surface area contributed by atoms with E-state index in [1.54, 1.807) is 36.4 Å². The molecule has 0 saturated carbocycles. The van der Waals surface area contributed by atoms with Gasteiger partial charge in [0, 0.05) is 41.1 Å². The van der Waals surface area contributed by atoms with Gasteiger partial charge < -0.3 is 19.2 Å². The Hall–Kier alpha value is -2.37. The van der Waals surface area contributed by atoms with Crippen LogP contribution in [0.15, 0.2) is 48.5 Å². The van der Waals surface area contributed by atoms with Gasteiger partial charge in [0.25, 0.3) is 0 Å². The highest BCUT2D eigenvalue weighted by Crippen LogP contribution is 2.35. The Morgan fingerprint density at radius 2 is 2.03 bits per heavy atom. The van der Waals surface area contributed by atoms with Crippen molar-refractivity contribution in [3.8, 4) is 0 Å². The zero-order valence-corrected chi connectivity index (χ0v) is 19.1. The number of ether oxygens (including phenoxy) is 2. The van der Waals surface area contributed by atoms with Crippen LogP contribution in [-0.2, 0) is 14.3 Å². The number of rotatable bonds is 9. The van der Waals surface area contributed by atoms with Gasteiger partial charge in [0.2, 0.25) is 0 Å². The number of allylic oxidation sites excluding steroid dienone is 2. The van der Waals surface area contributed by atoms with Crippen LogP contribution in [0, 0.1) is 0 Å². The maximum atomic E-state index is 12.5. The summed E-state index contributed by atoms with van der Waals surface area (Å²) in [5, 5.41) is 0.521. The Balaban J connectivity index is 2.37. The molecule has 0 amide bonds. The van der Waals surface area contributed by atoms with Gasteiger partial charge in [0.15, 0.2) is 5.78 Å². The maximum absolute atomic E-state index is 12.5. The van der Waals surface area contributed by atoms with Crippen molar-refractivity contribution in [3.05, 3.63) is 64.7 Å². The highest BCUT2D eigenvalue weighted by molar-refractivity contribution is 6.31. The molecule has 0 N–H and O–H groups in total. The quantitative estimate of drug-likeness (QED) is 0.386. The zero-order valence-electron chi connectivity index (χ0n) is 18.3. The van der Waals surface area contributed by atoms with Crippen LogP contribution in [0.5, 0.6) is 0 Å². The number of benzene rings is 1. The fraction of sp³-hybridized carbons (Fsp3) is 0.417. The molecule has 5 nitrogen and oxygen atoms in total. The zero-order chi connectivity index (χ0) is 22.5. The maximum Gasteiger partial charge on any atom is 0.163 e. The molecule has 1 aromatic rings. The van der Waals surface area contributed by atoms with E-state index in [1.807, 2.05) is 33.8 Å². The number of ketones is 1. The number of carbonyl (C=O) groups excluding carboxylic acids is 2. The summed E-state index contributed by atoms with van der Waals surface area (Å²) in [4.78, 5) is 26.0. The van der Waals surface area contributed by atoms with Gasteiger partial charge in [-0.1, -0.05) is 25.1 Å². The molecule has 1 aliphatic heterocycles. The Kier molecular flexibility index (Phi) is 8.04. The van der Waals surface area contributed by atoms with Crippen molar-refractivity contribution in [3.63, 3.8) is 0 Å². The molecule has 0 aromatic heterocycles. The second-order valence-corrected chi connectivity index (χ2v) is 8.51. The van der Waals surface area contributed by atoms with Crippen LogP contribution in [0.1, 0.15) is 56.5 Å². The average Bonchev–Trinajstić information content (AvgIpc) is 2.70. The van der Waals surface area contributed by atoms with E-state index in [1.165, 1.54) is 0 Å². The van der Waals surface area contributed by atoms with Gasteiger partial charge in [-0.25, -0.2) is 0 Å². The summed E-state index contributed by atoms with van der Waals surface area (Å²) >= 11 is 6.21. The molecule has 0 radical (unpaired) electrons. The topological polar surface area (TPSA) is 55.8 Å². The third kappa shape index (κ3) is 5.83. The summed E-state index contributed by atoms with van der Waals surface area (Å²) in [5.41, 5.74) is 2.30. The second-order valence-electron chi connectivity index (χ2n) is 8.07. The lowest BCUT2D eigenvalue weighted by Crippen LogP contribution is -2.35. The molecular formula is C24H30ClNO4. The van der Waals surface area contributed by atoms with Crippen molar-refractivity contribution in [1.29, 1.82) is 0 Å². The smallest absolute Gasteiger partial charge is 0.163 e. The molecule has 0 fully saturated rings. The van der Waals surface area contributed by atoms with Crippen molar-refractivity contribution < 1.29 is 19.1 Å². The van der Waals surface area contributed by atoms with Crippen molar-refractivity contribution in [2.75, 3.05) is 13.7 Å². The van der Waals surface area contributed by atoms with E-state index >= 15 is 0 Å². The van der Waals surface area contributed by atoms with E-state index in [9.17, 15) is 9.59 Å². The minimum Gasteiger partial charge on any atom is -0.495 e. The fourth-order valence-electron chi connectivity index (χ4n) is 3.20. The summed E-state index contributed by atoms with van der Waals surface area (Å²) in [6.45, 7) is 12.3. The predicted molar refractivity (Wildman–Crippen MR) is 120 cm³/mol. The van der Waals surface area contributed by atoms with E-state index in [2.05, 4.69) is 6.58 Å². The highest BCUT2D eigenvalue weighted by Gasteiger charge is 2.26. The molecule has 1 aliphatic rings. The van der Waals surface area contributed by atoms with E-state index in [-0.39, 0.29) is 11.4 Å². The number of methoxy groups -OCH3 is 1. The minimum atomic E-state index is -0.445. The lowest BCUT2D eigenvalue weighted by Gasteiger charge is -2.32. The van der Waals surface area contributed by atoms with Crippen LogP contribution in [0.4, 0.5) is 0 Å². The Morgan fingerprint density at radius 3 is 2.60 bits per heavy atom. The van der Waals surface area contributed by atoms with Crippen molar-refractivity contribution in [2.24, 2.45) is 0 Å². The van der Waals surface area contributed by atoms with Crippen molar-refractivity contribution in [2.45, 2.75) is 52.2 Å². The van der Waals surface area contributed by atoms with Crippen LogP contribution in [0.25, 0.3) is 5.57 Å². The molecule has 0 saturated heterocycles. The number of carbonyl (C=O) groups is 2. The molecule has 1 unspecified atom stereocenters. The number of nitrogens with zero attached hydrogens (tertiary/aromatic N) is 1. The molecule has 0 bridgehead atoms. The Morgan fingerprint density at radius 1 is 1.33 bits per heavy atom. The number of hydrogen-bond acceptors (Lipinski definition) is 5. The summed E-state index contributed by atoms with van der Waals surface area (Å²) in [6.07, 6.45) is 5.33. The Bertz CT molecular complexity index is 880. The summed E-state index contributed by atoms with van der Waals surface area (Å²) in [7, 11) is 1.55. The molecular weight excluding hydrogens is 402 g/mol. The van der Waals surface area contributed by atoms with Crippen molar-refractivity contribution >= 4 is 29.2 Å². The third-order valence-corrected chi connectivity index (χ3v) is 4.98. The normalized spacial score (nSPS) is 15.4. The van der Waals surface area contributed by atoms with Gasteiger partial charge in [-0.3, -0.25) is 4.79 Å². The summed E-state index contributed by atoms with van der Waals surface area (Å²) in [6, 6.07) is 4.73. The van der Waals surface area contributed by atoms with Crippen LogP contribution < -0.4 is 0 Å². The first-order chi connectivity index (χ1) is 14.1. The van der Waals surface area contributed by atoms with E-state index in [0.717, 1.165) is 6.29 Å². The summed E-state index contributed by atoms with van der Waals surface area (Å²) in [5.74, 6) is 0.537. The monoisotopic (exact) mass is 431 g/mol. The standard InChI is InChI=1S/C24H30ClNO4/c1-7-22(28)19-9-8-17(25)13-20(19)21-12-16(2)26(14-23(21)29-6)18(15-27)10-11-30-24(3,4)5/h8-9,12-15,18H,2,7,10-11H2,1,3-6H3. The molecule has 0 aliphatic carbocycles. The van der Waals surface area contributed by atoms with Gasteiger partial charge in [-0.05, 0) is 57.0 Å². The molecule has 0 spiro atoms. The molecule has 2 rings (SSSR count). The second kappa shape index (κ2) is 10.1. The first-order valence-electron chi connectivity index (χ1n) is 9.98. The first-order valence-corrected chi connectivity index (χ1v) is 10.4. The van der Waals surface area contributed by atoms with E-state index < -0.39 is 6.04 Å². The molecule has 162 valence electrons. The predicted octanol–water partition coefficient (Wildman–Crippen LogP) is 5.41. The SMILES string of the molecule is C=C1C=C(c2cc(Cl)ccc2C(=O)CC)C(OC)=CN1C(C=O)CCOC(C)(C)C. The summed E-state index contributed by atoms with van der Waals surface area (Å²) < 4.78 is 11.4. The van der Waals surface area contributed by atoms with Crippen LogP contribution in [0.3, 0.4) is 0 Å². The van der Waals surface area contributed by atoms with Gasteiger partial charge >= 0.3 is 0 Å². The van der Waals surface area contributed by atoms with Crippen molar-refractivity contribution in [1.82, 2.24) is 4.90 Å². The van der Waals surface area contributed by atoms with E-state index in [0.29, 0.717) is 52.6 Å².